The normalized spacial score (nSPS) is 37.9. The lowest BCUT2D eigenvalue weighted by Gasteiger charge is -2.55. The van der Waals surface area contributed by atoms with Crippen LogP contribution in [-0.4, -0.2) is 117 Å². The third kappa shape index (κ3) is 2.76. The first kappa shape index (κ1) is 22.8. The molecule has 6 saturated heterocycles. The minimum atomic E-state index is -1.02. The molecule has 4 unspecified atom stereocenters. The van der Waals surface area contributed by atoms with Crippen LogP contribution in [0.4, 0.5) is 9.59 Å². The smallest absolute Gasteiger partial charge is 0.280 e. The largest absolute Gasteiger partial charge is 0.326 e. The highest BCUT2D eigenvalue weighted by atomic mass is 16.2. The standard InChI is InChI=1S/C28H34N8O2/c37-25-33-19-29-13-7-14-30(17-29)20-34-26(38)36-22-32-16-8-15-31(18-32)21-35(25)28(36,24-11-5-2-6-12-24)27(33,34)23-9-3-1-4-10-23/h1-6,9-12H,7-8,13-22H2. The van der Waals surface area contributed by atoms with E-state index in [4.69, 9.17) is 0 Å². The van der Waals surface area contributed by atoms with Gasteiger partial charge in [-0.3, -0.25) is 39.2 Å². The van der Waals surface area contributed by atoms with Crippen molar-refractivity contribution in [2.24, 2.45) is 0 Å². The van der Waals surface area contributed by atoms with Gasteiger partial charge in [0.1, 0.15) is 0 Å². The molecular weight excluding hydrogens is 480 g/mol. The fraction of sp³-hybridized carbons (Fsp3) is 0.500. The first-order valence-electron chi connectivity index (χ1n) is 13.8. The Hall–Kier alpha value is -3.18. The van der Waals surface area contributed by atoms with Crippen molar-refractivity contribution >= 4 is 12.1 Å². The highest BCUT2D eigenvalue weighted by molar-refractivity contribution is 5.90. The fourth-order valence-corrected chi connectivity index (χ4v) is 8.05. The molecule has 6 heterocycles. The van der Waals surface area contributed by atoms with Gasteiger partial charge in [-0.1, -0.05) is 60.7 Å². The van der Waals surface area contributed by atoms with Crippen LogP contribution in [0, 0.1) is 0 Å². The number of hydrogen-bond donors (Lipinski definition) is 0. The van der Waals surface area contributed by atoms with Crippen LogP contribution in [0.25, 0.3) is 0 Å². The van der Waals surface area contributed by atoms with Crippen molar-refractivity contribution in [1.82, 2.24) is 39.2 Å². The lowest BCUT2D eigenvalue weighted by molar-refractivity contribution is -0.151. The molecule has 0 radical (unpaired) electrons. The number of fused-ring (bicyclic) bond motifs is 4. The predicted octanol–water partition coefficient (Wildman–Crippen LogP) is 1.96. The monoisotopic (exact) mass is 514 g/mol. The Morgan fingerprint density at radius 2 is 0.763 bits per heavy atom. The third-order valence-electron chi connectivity index (χ3n) is 9.39. The number of urea groups is 2. The molecule has 10 heteroatoms. The molecule has 4 amide bonds. The Bertz CT molecular complexity index is 1120. The van der Waals surface area contributed by atoms with Gasteiger partial charge in [0, 0.05) is 37.3 Å². The predicted molar refractivity (Wildman–Crippen MR) is 140 cm³/mol. The van der Waals surface area contributed by atoms with Crippen LogP contribution in [0.2, 0.25) is 0 Å². The summed E-state index contributed by atoms with van der Waals surface area (Å²) in [5.74, 6) is 0. The first-order valence-corrected chi connectivity index (χ1v) is 13.8. The van der Waals surface area contributed by atoms with E-state index in [-0.39, 0.29) is 12.1 Å². The lowest BCUT2D eigenvalue weighted by Crippen LogP contribution is -2.69. The Kier molecular flexibility index (Phi) is 4.89. The summed E-state index contributed by atoms with van der Waals surface area (Å²) in [4.78, 5) is 47.3. The topological polar surface area (TPSA) is 60.1 Å². The lowest BCUT2D eigenvalue weighted by atomic mass is 9.79. The summed E-state index contributed by atoms with van der Waals surface area (Å²) in [5.41, 5.74) is -0.0833. The van der Waals surface area contributed by atoms with E-state index in [2.05, 4.69) is 43.9 Å². The summed E-state index contributed by atoms with van der Waals surface area (Å²) < 4.78 is 0. The van der Waals surface area contributed by atoms with Crippen LogP contribution in [0.3, 0.4) is 0 Å². The van der Waals surface area contributed by atoms with Crippen molar-refractivity contribution < 1.29 is 9.59 Å². The molecule has 0 spiro atoms. The van der Waals surface area contributed by atoms with Crippen molar-refractivity contribution in [3.63, 3.8) is 0 Å². The molecule has 2 aromatic rings. The minimum Gasteiger partial charge on any atom is -0.280 e. The van der Waals surface area contributed by atoms with Gasteiger partial charge in [-0.15, -0.1) is 0 Å². The zero-order valence-electron chi connectivity index (χ0n) is 21.7. The average molecular weight is 515 g/mol. The molecule has 10 nitrogen and oxygen atoms in total. The van der Waals surface area contributed by atoms with Gasteiger partial charge in [0.2, 0.25) is 0 Å². The van der Waals surface area contributed by atoms with Crippen LogP contribution in [0.5, 0.6) is 0 Å². The SMILES string of the molecule is O=C1N2CN3CCCN(C3)CN3C(=O)N4CN5CCCN(C5)CN1C4(c1ccccc1)C23c1ccccc1. The molecule has 0 aromatic heterocycles. The molecule has 0 N–H and O–H groups in total. The number of rotatable bonds is 2. The minimum absolute atomic E-state index is 0.00162. The van der Waals surface area contributed by atoms with Gasteiger partial charge in [0.15, 0.2) is 11.3 Å². The number of amides is 4. The van der Waals surface area contributed by atoms with E-state index in [1.54, 1.807) is 0 Å². The molecule has 6 fully saturated rings. The van der Waals surface area contributed by atoms with Crippen LogP contribution < -0.4 is 0 Å². The maximum atomic E-state index is 14.9. The van der Waals surface area contributed by atoms with Crippen LogP contribution in [0.15, 0.2) is 60.7 Å². The molecule has 198 valence electrons. The van der Waals surface area contributed by atoms with Crippen molar-refractivity contribution in [3.05, 3.63) is 71.8 Å². The molecule has 2 aromatic carbocycles. The molecule has 6 aliphatic heterocycles. The molecule has 6 aliphatic rings. The van der Waals surface area contributed by atoms with Gasteiger partial charge in [0.25, 0.3) is 0 Å². The maximum absolute atomic E-state index is 14.9. The second kappa shape index (κ2) is 8.16. The van der Waals surface area contributed by atoms with E-state index in [1.807, 2.05) is 56.0 Å². The van der Waals surface area contributed by atoms with Gasteiger partial charge < -0.3 is 0 Å². The Balaban J connectivity index is 1.48. The van der Waals surface area contributed by atoms with Gasteiger partial charge >= 0.3 is 12.1 Å². The van der Waals surface area contributed by atoms with Crippen LogP contribution in [-0.2, 0) is 11.3 Å². The Morgan fingerprint density at radius 1 is 0.447 bits per heavy atom. The summed E-state index contributed by atoms with van der Waals surface area (Å²) >= 11 is 0. The van der Waals surface area contributed by atoms with Crippen LogP contribution >= 0.6 is 0 Å². The highest BCUT2D eigenvalue weighted by Gasteiger charge is 2.80. The van der Waals surface area contributed by atoms with E-state index >= 15 is 0 Å². The molecule has 4 atom stereocenters. The van der Waals surface area contributed by atoms with Crippen molar-refractivity contribution in [1.29, 1.82) is 0 Å². The van der Waals surface area contributed by atoms with Gasteiger partial charge in [0.05, 0.1) is 40.0 Å². The summed E-state index contributed by atoms with van der Waals surface area (Å²) in [6, 6.07) is 20.6. The zero-order chi connectivity index (χ0) is 25.5. The van der Waals surface area contributed by atoms with E-state index in [0.29, 0.717) is 26.7 Å². The molecule has 0 aliphatic carbocycles. The maximum Gasteiger partial charge on any atom is 0.326 e. The summed E-state index contributed by atoms with van der Waals surface area (Å²) in [6.45, 7) is 7.23. The van der Waals surface area contributed by atoms with E-state index in [9.17, 15) is 9.59 Å². The average Bonchev–Trinajstić information content (AvgIpc) is 3.27. The first-order chi connectivity index (χ1) is 18.6. The van der Waals surface area contributed by atoms with Crippen molar-refractivity contribution in [2.45, 2.75) is 24.2 Å². The van der Waals surface area contributed by atoms with Crippen molar-refractivity contribution in [3.8, 4) is 0 Å². The van der Waals surface area contributed by atoms with Crippen molar-refractivity contribution in [2.75, 3.05) is 66.2 Å². The second-order valence-corrected chi connectivity index (χ2v) is 11.5. The van der Waals surface area contributed by atoms with Crippen LogP contribution in [0.1, 0.15) is 24.0 Å². The fourth-order valence-electron chi connectivity index (χ4n) is 8.05. The quantitative estimate of drug-likeness (QED) is 0.611. The second-order valence-electron chi connectivity index (χ2n) is 11.5. The number of nitrogens with zero attached hydrogens (tertiary/aromatic N) is 8. The molecule has 4 bridgehead atoms. The molecule has 0 saturated carbocycles. The van der Waals surface area contributed by atoms with E-state index in [1.165, 1.54) is 0 Å². The van der Waals surface area contributed by atoms with Gasteiger partial charge in [-0.2, -0.15) is 0 Å². The van der Waals surface area contributed by atoms with E-state index < -0.39 is 11.3 Å². The summed E-state index contributed by atoms with van der Waals surface area (Å²) in [5, 5.41) is 0. The summed E-state index contributed by atoms with van der Waals surface area (Å²) in [6.07, 6.45) is 2.06. The Morgan fingerprint density at radius 3 is 1.08 bits per heavy atom. The van der Waals surface area contributed by atoms with E-state index in [0.717, 1.165) is 63.5 Å². The number of benzene rings is 2. The molecule has 38 heavy (non-hydrogen) atoms. The number of hydrogen-bond acceptors (Lipinski definition) is 6. The number of carbonyl (C=O) groups excluding carboxylic acids is 2. The summed E-state index contributed by atoms with van der Waals surface area (Å²) in [7, 11) is 0. The molecule has 8 rings (SSSR count). The molecular formula is C28H34N8O2. The zero-order valence-corrected chi connectivity index (χ0v) is 21.7. The Labute approximate surface area is 223 Å². The third-order valence-corrected chi connectivity index (χ3v) is 9.39. The van der Waals surface area contributed by atoms with Gasteiger partial charge in [-0.05, 0) is 12.8 Å². The highest BCUT2D eigenvalue weighted by Crippen LogP contribution is 2.63. The number of carbonyl (C=O) groups is 2. The van der Waals surface area contributed by atoms with Gasteiger partial charge in [-0.25, -0.2) is 9.59 Å².